The number of halogens is 2. The Morgan fingerprint density at radius 3 is 2.52 bits per heavy atom. The Morgan fingerprint density at radius 2 is 1.95 bits per heavy atom. The largest absolute Gasteiger partial charge is 0.382 e. The average molecular weight is 353 g/mol. The molecule has 21 heavy (non-hydrogen) atoms. The van der Waals surface area contributed by atoms with Crippen molar-refractivity contribution in [2.24, 2.45) is 0 Å². The number of nitro groups is 1. The molecule has 0 bridgehead atoms. The van der Waals surface area contributed by atoms with Gasteiger partial charge in [-0.05, 0) is 59.1 Å². The first-order valence-corrected chi connectivity index (χ1v) is 7.20. The summed E-state index contributed by atoms with van der Waals surface area (Å²) in [6.45, 7) is 2.00. The molecular weight excluding hydrogens is 339 g/mol. The van der Waals surface area contributed by atoms with Crippen LogP contribution in [0.5, 0.6) is 0 Å². The fourth-order valence-corrected chi connectivity index (χ4v) is 2.58. The van der Waals surface area contributed by atoms with E-state index in [1.807, 2.05) is 6.92 Å². The molecule has 4 nitrogen and oxygen atoms in total. The van der Waals surface area contributed by atoms with Gasteiger partial charge in [0.15, 0.2) is 0 Å². The Morgan fingerprint density at radius 1 is 1.29 bits per heavy atom. The molecule has 0 aromatic heterocycles. The fraction of sp³-hybridized carbons (Fsp3) is 0.200. The summed E-state index contributed by atoms with van der Waals surface area (Å²) in [4.78, 5) is 10.3. The van der Waals surface area contributed by atoms with Crippen LogP contribution in [0.1, 0.15) is 12.5 Å². The third kappa shape index (κ3) is 4.26. The van der Waals surface area contributed by atoms with E-state index in [1.165, 1.54) is 18.2 Å². The second-order valence-corrected chi connectivity index (χ2v) is 5.65. The van der Waals surface area contributed by atoms with Gasteiger partial charge in [-0.2, -0.15) is 0 Å². The highest BCUT2D eigenvalue weighted by molar-refractivity contribution is 9.10. The lowest BCUT2D eigenvalue weighted by molar-refractivity contribution is -0.385. The van der Waals surface area contributed by atoms with Crippen molar-refractivity contribution in [2.75, 3.05) is 5.32 Å². The normalized spacial score (nSPS) is 12.0. The number of nitrogens with one attached hydrogen (secondary N) is 1. The van der Waals surface area contributed by atoms with Gasteiger partial charge >= 0.3 is 0 Å². The molecule has 0 saturated heterocycles. The number of benzene rings is 2. The first-order chi connectivity index (χ1) is 9.95. The van der Waals surface area contributed by atoms with Gasteiger partial charge in [0.2, 0.25) is 0 Å². The van der Waals surface area contributed by atoms with Crippen LogP contribution in [0, 0.1) is 15.9 Å². The van der Waals surface area contributed by atoms with E-state index in [2.05, 4.69) is 21.2 Å². The second kappa shape index (κ2) is 6.67. The van der Waals surface area contributed by atoms with Crippen LogP contribution in [0.25, 0.3) is 0 Å². The number of nitro benzene ring substituents is 1. The molecule has 0 radical (unpaired) electrons. The molecule has 110 valence electrons. The van der Waals surface area contributed by atoms with Gasteiger partial charge in [0.05, 0.1) is 9.40 Å². The lowest BCUT2D eigenvalue weighted by Gasteiger charge is -2.15. The van der Waals surface area contributed by atoms with Crippen molar-refractivity contribution in [1.29, 1.82) is 0 Å². The van der Waals surface area contributed by atoms with E-state index >= 15 is 0 Å². The maximum atomic E-state index is 12.8. The number of nitrogens with zero attached hydrogens (tertiary/aromatic N) is 1. The van der Waals surface area contributed by atoms with E-state index in [0.717, 1.165) is 17.7 Å². The predicted octanol–water partition coefficient (Wildman–Crippen LogP) is 4.54. The molecule has 2 aromatic rings. The van der Waals surface area contributed by atoms with Crippen LogP contribution in [0.3, 0.4) is 0 Å². The number of anilines is 1. The van der Waals surface area contributed by atoms with E-state index in [1.54, 1.807) is 24.3 Å². The third-order valence-corrected chi connectivity index (χ3v) is 3.65. The third-order valence-electron chi connectivity index (χ3n) is 3.01. The molecule has 0 aliphatic carbocycles. The van der Waals surface area contributed by atoms with E-state index in [4.69, 9.17) is 0 Å². The molecule has 0 heterocycles. The maximum absolute atomic E-state index is 12.8. The summed E-state index contributed by atoms with van der Waals surface area (Å²) >= 11 is 3.19. The predicted molar refractivity (Wildman–Crippen MR) is 84.0 cm³/mol. The summed E-state index contributed by atoms with van der Waals surface area (Å²) in [6, 6.07) is 11.3. The highest BCUT2D eigenvalue weighted by Gasteiger charge is 2.12. The van der Waals surface area contributed by atoms with Gasteiger partial charge in [0, 0.05) is 17.8 Å². The highest BCUT2D eigenvalue weighted by Crippen LogP contribution is 2.28. The molecule has 0 spiro atoms. The molecular formula is C15H14BrFN2O2. The molecule has 6 heteroatoms. The van der Waals surface area contributed by atoms with Crippen LogP contribution in [0.15, 0.2) is 46.9 Å². The molecule has 0 aliphatic rings. The van der Waals surface area contributed by atoms with Gasteiger partial charge in [-0.25, -0.2) is 4.39 Å². The zero-order valence-electron chi connectivity index (χ0n) is 11.3. The molecule has 2 aromatic carbocycles. The Kier molecular flexibility index (Phi) is 4.90. The molecule has 1 unspecified atom stereocenters. The van der Waals surface area contributed by atoms with Crippen molar-refractivity contribution in [3.8, 4) is 0 Å². The minimum Gasteiger partial charge on any atom is -0.382 e. The van der Waals surface area contributed by atoms with Crippen LogP contribution in [0.4, 0.5) is 15.8 Å². The first-order valence-electron chi connectivity index (χ1n) is 6.40. The second-order valence-electron chi connectivity index (χ2n) is 4.80. The molecule has 0 amide bonds. The zero-order valence-corrected chi connectivity index (χ0v) is 12.9. The molecule has 0 aliphatic heterocycles. The highest BCUT2D eigenvalue weighted by atomic mass is 79.9. The van der Waals surface area contributed by atoms with Crippen molar-refractivity contribution in [2.45, 2.75) is 19.4 Å². The maximum Gasteiger partial charge on any atom is 0.283 e. The molecule has 1 atom stereocenters. The van der Waals surface area contributed by atoms with Gasteiger partial charge in [-0.3, -0.25) is 10.1 Å². The Bertz CT molecular complexity index is 647. The van der Waals surface area contributed by atoms with E-state index in [-0.39, 0.29) is 17.5 Å². The van der Waals surface area contributed by atoms with Gasteiger partial charge < -0.3 is 5.32 Å². The first kappa shape index (κ1) is 15.4. The zero-order chi connectivity index (χ0) is 15.4. The fourth-order valence-electron chi connectivity index (χ4n) is 2.05. The van der Waals surface area contributed by atoms with Crippen LogP contribution in [0.2, 0.25) is 0 Å². The standard InChI is InChI=1S/C15H14BrFN2O2/c1-10(8-11-2-4-12(17)5-3-11)18-13-6-7-15(19(20)21)14(16)9-13/h2-7,9-10,18H,8H2,1H3. The summed E-state index contributed by atoms with van der Waals surface area (Å²) in [5.74, 6) is -0.251. The average Bonchev–Trinajstić information content (AvgIpc) is 2.41. The molecule has 0 saturated carbocycles. The number of hydrogen-bond donors (Lipinski definition) is 1. The summed E-state index contributed by atoms with van der Waals surface area (Å²) in [5, 5.41) is 14.0. The smallest absolute Gasteiger partial charge is 0.283 e. The van der Waals surface area contributed by atoms with E-state index < -0.39 is 4.92 Å². The van der Waals surface area contributed by atoms with Crippen molar-refractivity contribution in [3.05, 3.63) is 68.4 Å². The van der Waals surface area contributed by atoms with Crippen molar-refractivity contribution < 1.29 is 9.31 Å². The van der Waals surface area contributed by atoms with Gasteiger partial charge in [-0.1, -0.05) is 12.1 Å². The van der Waals surface area contributed by atoms with Gasteiger partial charge in [0.25, 0.3) is 5.69 Å². The minimum absolute atomic E-state index is 0.0340. The van der Waals surface area contributed by atoms with Gasteiger partial charge in [0.1, 0.15) is 5.82 Å². The lowest BCUT2D eigenvalue weighted by Crippen LogP contribution is -2.18. The monoisotopic (exact) mass is 352 g/mol. The van der Waals surface area contributed by atoms with E-state index in [9.17, 15) is 14.5 Å². The molecule has 0 fully saturated rings. The summed E-state index contributed by atoms with van der Waals surface area (Å²) in [6.07, 6.45) is 0.731. The van der Waals surface area contributed by atoms with Crippen molar-refractivity contribution in [3.63, 3.8) is 0 Å². The summed E-state index contributed by atoms with van der Waals surface area (Å²) in [7, 11) is 0. The van der Waals surface area contributed by atoms with E-state index in [0.29, 0.717) is 4.47 Å². The SMILES string of the molecule is CC(Cc1ccc(F)cc1)Nc1ccc([N+](=O)[O-])c(Br)c1. The Labute approximate surface area is 130 Å². The van der Waals surface area contributed by atoms with Gasteiger partial charge in [-0.15, -0.1) is 0 Å². The summed E-state index contributed by atoms with van der Waals surface area (Å²) < 4.78 is 13.3. The number of rotatable bonds is 5. The summed E-state index contributed by atoms with van der Waals surface area (Å²) in [5.41, 5.74) is 1.85. The van der Waals surface area contributed by atoms with Crippen LogP contribution in [-0.2, 0) is 6.42 Å². The Hall–Kier alpha value is -1.95. The lowest BCUT2D eigenvalue weighted by atomic mass is 10.1. The van der Waals surface area contributed by atoms with Crippen LogP contribution in [-0.4, -0.2) is 11.0 Å². The minimum atomic E-state index is -0.435. The van der Waals surface area contributed by atoms with Crippen LogP contribution < -0.4 is 5.32 Å². The number of hydrogen-bond acceptors (Lipinski definition) is 3. The quantitative estimate of drug-likeness (QED) is 0.634. The molecule has 2 rings (SSSR count). The van der Waals surface area contributed by atoms with Crippen LogP contribution >= 0.6 is 15.9 Å². The molecule has 1 N–H and O–H groups in total. The topological polar surface area (TPSA) is 55.2 Å². The van der Waals surface area contributed by atoms with Crippen molar-refractivity contribution >= 4 is 27.3 Å². The van der Waals surface area contributed by atoms with Crippen molar-refractivity contribution in [1.82, 2.24) is 0 Å². The Balaban J connectivity index is 2.02.